The Kier molecular flexibility index (Phi) is 3.48. The fraction of sp³-hybridized carbons (Fsp3) is 0.421. The molecule has 0 amide bonds. The lowest BCUT2D eigenvalue weighted by Crippen LogP contribution is -2.28. The van der Waals surface area contributed by atoms with Crippen molar-refractivity contribution < 1.29 is 4.79 Å². The Morgan fingerprint density at radius 2 is 2.00 bits per heavy atom. The molecule has 110 valence electrons. The van der Waals surface area contributed by atoms with Gasteiger partial charge in [0.05, 0.1) is 0 Å². The molecule has 2 heteroatoms. The van der Waals surface area contributed by atoms with E-state index in [0.717, 1.165) is 24.9 Å². The van der Waals surface area contributed by atoms with Crippen LogP contribution in [0.15, 0.2) is 36.5 Å². The van der Waals surface area contributed by atoms with Crippen molar-refractivity contribution in [3.8, 4) is 0 Å². The van der Waals surface area contributed by atoms with Crippen LogP contribution in [0.2, 0.25) is 0 Å². The zero-order valence-electron chi connectivity index (χ0n) is 13.1. The highest BCUT2D eigenvalue weighted by Gasteiger charge is 2.32. The van der Waals surface area contributed by atoms with Crippen LogP contribution in [0.3, 0.4) is 0 Å². The number of ketones is 1. The Labute approximate surface area is 126 Å². The third-order valence-electron chi connectivity index (χ3n) is 4.39. The van der Waals surface area contributed by atoms with Gasteiger partial charge in [0.25, 0.3) is 0 Å². The molecule has 1 heterocycles. The molecule has 0 bridgehead atoms. The first kappa shape index (κ1) is 14.1. The van der Waals surface area contributed by atoms with Crippen LogP contribution in [0.25, 0.3) is 0 Å². The van der Waals surface area contributed by atoms with Crippen molar-refractivity contribution in [2.75, 3.05) is 0 Å². The molecule has 2 aromatic rings. The van der Waals surface area contributed by atoms with Gasteiger partial charge in [-0.25, -0.2) is 0 Å². The van der Waals surface area contributed by atoms with E-state index in [2.05, 4.69) is 55.8 Å². The van der Waals surface area contributed by atoms with E-state index in [1.807, 2.05) is 6.07 Å². The maximum atomic E-state index is 12.2. The highest BCUT2D eigenvalue weighted by Crippen LogP contribution is 2.35. The van der Waals surface area contributed by atoms with E-state index < -0.39 is 0 Å². The summed E-state index contributed by atoms with van der Waals surface area (Å²) in [6.45, 7) is 7.45. The molecule has 0 atom stereocenters. The Morgan fingerprint density at radius 3 is 2.76 bits per heavy atom. The maximum absolute atomic E-state index is 12.2. The van der Waals surface area contributed by atoms with E-state index in [1.54, 1.807) is 0 Å². The van der Waals surface area contributed by atoms with Crippen molar-refractivity contribution >= 4 is 5.78 Å². The van der Waals surface area contributed by atoms with Crippen molar-refractivity contribution in [2.45, 2.75) is 46.6 Å². The molecule has 0 fully saturated rings. The van der Waals surface area contributed by atoms with E-state index >= 15 is 0 Å². The summed E-state index contributed by atoms with van der Waals surface area (Å²) in [5.41, 5.74) is 4.92. The molecule has 0 spiro atoms. The number of hydrogen-bond donors (Lipinski definition) is 0. The molecule has 0 radical (unpaired) electrons. The number of aromatic nitrogens is 1. The molecule has 1 aliphatic rings. The lowest BCUT2D eigenvalue weighted by atomic mass is 9.76. The van der Waals surface area contributed by atoms with E-state index in [4.69, 9.17) is 0 Å². The number of nitrogens with zero attached hydrogens (tertiary/aromatic N) is 1. The van der Waals surface area contributed by atoms with E-state index in [-0.39, 0.29) is 5.41 Å². The van der Waals surface area contributed by atoms with Crippen molar-refractivity contribution in [1.82, 2.24) is 4.57 Å². The molecule has 21 heavy (non-hydrogen) atoms. The number of Topliss-reactive ketones (excluding diaryl/α,β-unsaturated/α-hetero) is 1. The van der Waals surface area contributed by atoms with E-state index in [9.17, 15) is 4.79 Å². The minimum atomic E-state index is 0.0868. The summed E-state index contributed by atoms with van der Waals surface area (Å²) in [7, 11) is 0. The second-order valence-electron chi connectivity index (χ2n) is 7.05. The van der Waals surface area contributed by atoms with Crippen molar-refractivity contribution in [3.63, 3.8) is 0 Å². The number of hydrogen-bond acceptors (Lipinski definition) is 1. The van der Waals surface area contributed by atoms with Gasteiger partial charge in [-0.3, -0.25) is 4.79 Å². The number of benzene rings is 1. The van der Waals surface area contributed by atoms with Crippen molar-refractivity contribution in [3.05, 3.63) is 58.9 Å². The number of aryl methyl sites for hydroxylation is 3. The first-order valence-electron chi connectivity index (χ1n) is 7.71. The van der Waals surface area contributed by atoms with Gasteiger partial charge in [0.1, 0.15) is 0 Å². The minimum absolute atomic E-state index is 0.0868. The molecular weight excluding hydrogens is 258 g/mol. The standard InChI is InChI=1S/C19H23NO/c1-14-5-4-6-15(11-14)7-9-20-10-8-16-17(20)12-19(2,3)13-18(16)21/h4-6,8,10-11H,7,9,12-13H2,1-3H3. The van der Waals surface area contributed by atoms with E-state index in [0.29, 0.717) is 12.2 Å². The Morgan fingerprint density at radius 1 is 1.19 bits per heavy atom. The van der Waals surface area contributed by atoms with Gasteiger partial charge in [0, 0.05) is 30.4 Å². The monoisotopic (exact) mass is 281 g/mol. The van der Waals surface area contributed by atoms with Gasteiger partial charge in [-0.05, 0) is 36.8 Å². The molecule has 1 aromatic carbocycles. The Bertz CT molecular complexity index is 679. The second-order valence-corrected chi connectivity index (χ2v) is 7.05. The fourth-order valence-corrected chi connectivity index (χ4v) is 3.33. The maximum Gasteiger partial charge on any atom is 0.165 e. The van der Waals surface area contributed by atoms with Crippen molar-refractivity contribution in [2.24, 2.45) is 5.41 Å². The molecule has 0 N–H and O–H groups in total. The zero-order chi connectivity index (χ0) is 15.0. The van der Waals surface area contributed by atoms with Gasteiger partial charge in [-0.15, -0.1) is 0 Å². The van der Waals surface area contributed by atoms with Crippen molar-refractivity contribution in [1.29, 1.82) is 0 Å². The quantitative estimate of drug-likeness (QED) is 0.826. The highest BCUT2D eigenvalue weighted by atomic mass is 16.1. The van der Waals surface area contributed by atoms with Crippen LogP contribution in [-0.2, 0) is 19.4 Å². The number of carbonyl (C=O) groups excluding carboxylic acids is 1. The third-order valence-corrected chi connectivity index (χ3v) is 4.39. The summed E-state index contributed by atoms with van der Waals surface area (Å²) >= 11 is 0. The van der Waals surface area contributed by atoms with Gasteiger partial charge in [-0.2, -0.15) is 0 Å². The Balaban J connectivity index is 1.80. The van der Waals surface area contributed by atoms with Gasteiger partial charge >= 0.3 is 0 Å². The minimum Gasteiger partial charge on any atom is -0.350 e. The fourth-order valence-electron chi connectivity index (χ4n) is 3.33. The molecule has 1 aliphatic carbocycles. The smallest absolute Gasteiger partial charge is 0.165 e. The first-order valence-corrected chi connectivity index (χ1v) is 7.71. The predicted molar refractivity (Wildman–Crippen MR) is 85.7 cm³/mol. The number of fused-ring (bicyclic) bond motifs is 1. The molecular formula is C19H23NO. The van der Waals surface area contributed by atoms with Crippen LogP contribution < -0.4 is 0 Å². The summed E-state index contributed by atoms with van der Waals surface area (Å²) in [5, 5.41) is 0. The Hall–Kier alpha value is -1.83. The van der Waals surface area contributed by atoms with E-state index in [1.165, 1.54) is 16.8 Å². The van der Waals surface area contributed by atoms with Gasteiger partial charge in [0.15, 0.2) is 5.78 Å². The molecule has 0 aliphatic heterocycles. The number of rotatable bonds is 3. The average Bonchev–Trinajstić information content (AvgIpc) is 2.78. The summed E-state index contributed by atoms with van der Waals surface area (Å²) < 4.78 is 2.27. The molecule has 0 unspecified atom stereocenters. The summed E-state index contributed by atoms with van der Waals surface area (Å²) in [4.78, 5) is 12.2. The summed E-state index contributed by atoms with van der Waals surface area (Å²) in [5.74, 6) is 0.301. The van der Waals surface area contributed by atoms with Gasteiger partial charge in [0.2, 0.25) is 0 Å². The SMILES string of the molecule is Cc1cccc(CCn2ccc3c2CC(C)(C)CC3=O)c1. The second kappa shape index (κ2) is 5.18. The lowest BCUT2D eigenvalue weighted by Gasteiger charge is -2.29. The summed E-state index contributed by atoms with van der Waals surface area (Å²) in [6, 6.07) is 10.7. The summed E-state index contributed by atoms with van der Waals surface area (Å²) in [6.07, 6.45) is 4.76. The molecule has 3 rings (SSSR count). The number of carbonyl (C=O) groups is 1. The largest absolute Gasteiger partial charge is 0.350 e. The molecule has 2 nitrogen and oxygen atoms in total. The average molecular weight is 281 g/mol. The van der Waals surface area contributed by atoms with Crippen LogP contribution in [0.5, 0.6) is 0 Å². The van der Waals surface area contributed by atoms with Crippen LogP contribution >= 0.6 is 0 Å². The van der Waals surface area contributed by atoms with Crippen LogP contribution in [0.1, 0.15) is 47.4 Å². The third kappa shape index (κ3) is 2.94. The van der Waals surface area contributed by atoms with Crippen LogP contribution in [0.4, 0.5) is 0 Å². The van der Waals surface area contributed by atoms with Crippen LogP contribution in [-0.4, -0.2) is 10.4 Å². The molecule has 0 saturated heterocycles. The topological polar surface area (TPSA) is 22.0 Å². The first-order chi connectivity index (χ1) is 9.94. The lowest BCUT2D eigenvalue weighted by molar-refractivity contribution is 0.0910. The zero-order valence-corrected chi connectivity index (χ0v) is 13.1. The highest BCUT2D eigenvalue weighted by molar-refractivity contribution is 5.98. The van der Waals surface area contributed by atoms with Gasteiger partial charge in [-0.1, -0.05) is 43.7 Å². The molecule has 0 saturated carbocycles. The van der Waals surface area contributed by atoms with Gasteiger partial charge < -0.3 is 4.57 Å². The van der Waals surface area contributed by atoms with Crippen LogP contribution in [0, 0.1) is 12.3 Å². The predicted octanol–water partition coefficient (Wildman–Crippen LogP) is 4.19. The molecule has 1 aromatic heterocycles. The normalized spacial score (nSPS) is 16.8.